The van der Waals surface area contributed by atoms with E-state index in [-0.39, 0.29) is 17.9 Å². The number of aromatic carboxylic acids is 1. The van der Waals surface area contributed by atoms with Gasteiger partial charge in [0.25, 0.3) is 0 Å². The van der Waals surface area contributed by atoms with Gasteiger partial charge in [0.1, 0.15) is 29.9 Å². The van der Waals surface area contributed by atoms with E-state index in [1.54, 1.807) is 12.1 Å². The molecule has 0 unspecified atom stereocenters. The summed E-state index contributed by atoms with van der Waals surface area (Å²) in [6, 6.07) is 4.59. The summed E-state index contributed by atoms with van der Waals surface area (Å²) in [5, 5.41) is 12.6. The highest BCUT2D eigenvalue weighted by Crippen LogP contribution is 2.25. The maximum Gasteiger partial charge on any atom is 0.339 e. The maximum atomic E-state index is 11.1. The van der Waals surface area contributed by atoms with Crippen molar-refractivity contribution >= 4 is 5.97 Å². The smallest absolute Gasteiger partial charge is 0.339 e. The molecule has 0 aliphatic heterocycles. The minimum absolute atomic E-state index is 0.0470. The highest BCUT2D eigenvalue weighted by atomic mass is 16.5. The molecule has 6 nitrogen and oxygen atoms in total. The number of methoxy groups -OCH3 is 1. The van der Waals surface area contributed by atoms with Gasteiger partial charge in [-0.15, -0.1) is 0 Å². The van der Waals surface area contributed by atoms with Crippen LogP contribution in [0, 0.1) is 0 Å². The lowest BCUT2D eigenvalue weighted by Gasteiger charge is -2.09. The van der Waals surface area contributed by atoms with Crippen LogP contribution in [0.4, 0.5) is 0 Å². The molecule has 6 heteroatoms. The monoisotopic (exact) mass is 249 g/mol. The van der Waals surface area contributed by atoms with Gasteiger partial charge in [0.2, 0.25) is 0 Å². The molecule has 1 aromatic carbocycles. The van der Waals surface area contributed by atoms with Crippen LogP contribution in [0.5, 0.6) is 11.5 Å². The largest absolute Gasteiger partial charge is 0.497 e. The summed E-state index contributed by atoms with van der Waals surface area (Å²) in [5.74, 6) is -0.344. The van der Waals surface area contributed by atoms with Gasteiger partial charge >= 0.3 is 5.97 Å². The summed E-state index contributed by atoms with van der Waals surface area (Å²) in [6.45, 7) is 0.191. The van der Waals surface area contributed by atoms with Gasteiger partial charge in [-0.25, -0.2) is 4.79 Å². The first-order chi connectivity index (χ1) is 8.70. The van der Waals surface area contributed by atoms with E-state index in [2.05, 4.69) is 9.68 Å². The van der Waals surface area contributed by atoms with Gasteiger partial charge in [0, 0.05) is 5.56 Å². The molecule has 94 valence electrons. The Morgan fingerprint density at radius 3 is 2.94 bits per heavy atom. The third-order valence-corrected chi connectivity index (χ3v) is 2.29. The van der Waals surface area contributed by atoms with Crippen molar-refractivity contribution in [3.63, 3.8) is 0 Å². The van der Waals surface area contributed by atoms with Crippen molar-refractivity contribution in [2.75, 3.05) is 7.11 Å². The second-order valence-corrected chi connectivity index (χ2v) is 3.49. The van der Waals surface area contributed by atoms with Crippen LogP contribution in [0.1, 0.15) is 15.9 Å². The molecule has 0 radical (unpaired) electrons. The molecule has 0 fully saturated rings. The topological polar surface area (TPSA) is 81.8 Å². The highest BCUT2D eigenvalue weighted by molar-refractivity contribution is 5.91. The van der Waals surface area contributed by atoms with E-state index in [4.69, 9.17) is 14.6 Å². The third kappa shape index (κ3) is 2.60. The zero-order valence-electron chi connectivity index (χ0n) is 9.62. The molecule has 2 rings (SSSR count). The van der Waals surface area contributed by atoms with Crippen LogP contribution in [0.25, 0.3) is 0 Å². The number of carboxylic acid groups (broad SMARTS) is 1. The number of hydrogen-bond donors (Lipinski definition) is 1. The van der Waals surface area contributed by atoms with Crippen molar-refractivity contribution in [1.29, 1.82) is 0 Å². The first kappa shape index (κ1) is 12.0. The van der Waals surface area contributed by atoms with Crippen molar-refractivity contribution in [2.45, 2.75) is 6.61 Å². The zero-order valence-corrected chi connectivity index (χ0v) is 9.62. The summed E-state index contributed by atoms with van der Waals surface area (Å²) < 4.78 is 15.0. The summed E-state index contributed by atoms with van der Waals surface area (Å²) in [6.07, 6.45) is 2.94. The lowest BCUT2D eigenvalue weighted by atomic mass is 10.2. The lowest BCUT2D eigenvalue weighted by molar-refractivity contribution is 0.0691. The van der Waals surface area contributed by atoms with Crippen molar-refractivity contribution in [3.8, 4) is 11.5 Å². The molecule has 1 heterocycles. The molecule has 0 aliphatic rings. The van der Waals surface area contributed by atoms with E-state index in [9.17, 15) is 4.79 Å². The first-order valence-corrected chi connectivity index (χ1v) is 5.13. The predicted octanol–water partition coefficient (Wildman–Crippen LogP) is 1.96. The van der Waals surface area contributed by atoms with Crippen LogP contribution in [-0.4, -0.2) is 23.3 Å². The fourth-order valence-electron chi connectivity index (χ4n) is 1.39. The van der Waals surface area contributed by atoms with Crippen LogP contribution >= 0.6 is 0 Å². The number of aromatic nitrogens is 1. The zero-order chi connectivity index (χ0) is 13.0. The Balaban J connectivity index is 2.18. The average molecular weight is 249 g/mol. The molecule has 0 saturated heterocycles. The van der Waals surface area contributed by atoms with Gasteiger partial charge < -0.3 is 19.1 Å². The Hall–Kier alpha value is -2.50. The number of rotatable bonds is 5. The molecule has 0 atom stereocenters. The van der Waals surface area contributed by atoms with Gasteiger partial charge in [-0.05, 0) is 18.2 Å². The standard InChI is InChI=1S/C12H11NO5/c1-16-9-2-3-11(10(4-9)12(14)15)17-6-8-5-13-18-7-8/h2-5,7H,6H2,1H3,(H,14,15). The van der Waals surface area contributed by atoms with Crippen LogP contribution in [0.2, 0.25) is 0 Å². The molecular formula is C12H11NO5. The van der Waals surface area contributed by atoms with Crippen molar-refractivity contribution in [2.24, 2.45) is 0 Å². The van der Waals surface area contributed by atoms with Crippen molar-refractivity contribution < 1.29 is 23.9 Å². The third-order valence-electron chi connectivity index (χ3n) is 2.29. The van der Waals surface area contributed by atoms with Crippen molar-refractivity contribution in [3.05, 3.63) is 41.8 Å². The van der Waals surface area contributed by atoms with Crippen LogP contribution in [-0.2, 0) is 6.61 Å². The first-order valence-electron chi connectivity index (χ1n) is 5.13. The molecule has 0 aliphatic carbocycles. The van der Waals surface area contributed by atoms with Gasteiger partial charge in [-0.1, -0.05) is 5.16 Å². The number of nitrogens with zero attached hydrogens (tertiary/aromatic N) is 1. The Bertz CT molecular complexity index is 535. The van der Waals surface area contributed by atoms with Crippen LogP contribution < -0.4 is 9.47 Å². The second-order valence-electron chi connectivity index (χ2n) is 3.49. The van der Waals surface area contributed by atoms with E-state index >= 15 is 0 Å². The second kappa shape index (κ2) is 5.22. The van der Waals surface area contributed by atoms with E-state index in [1.807, 2.05) is 0 Å². The molecule has 1 N–H and O–H groups in total. The normalized spacial score (nSPS) is 10.1. The fourth-order valence-corrected chi connectivity index (χ4v) is 1.39. The average Bonchev–Trinajstić information content (AvgIpc) is 2.89. The molecule has 18 heavy (non-hydrogen) atoms. The number of benzene rings is 1. The van der Waals surface area contributed by atoms with Crippen LogP contribution in [0.3, 0.4) is 0 Å². The predicted molar refractivity (Wildman–Crippen MR) is 60.8 cm³/mol. The molecule has 0 spiro atoms. The van der Waals surface area contributed by atoms with Gasteiger partial charge in [-0.3, -0.25) is 0 Å². The van der Waals surface area contributed by atoms with E-state index in [0.717, 1.165) is 5.56 Å². The number of carboxylic acids is 1. The Kier molecular flexibility index (Phi) is 3.47. The SMILES string of the molecule is COc1ccc(OCc2cnoc2)c(C(=O)O)c1. The van der Waals surface area contributed by atoms with Crippen LogP contribution in [0.15, 0.2) is 35.2 Å². The van der Waals surface area contributed by atoms with Gasteiger partial charge in [0.15, 0.2) is 0 Å². The fraction of sp³-hybridized carbons (Fsp3) is 0.167. The van der Waals surface area contributed by atoms with Crippen molar-refractivity contribution in [1.82, 2.24) is 5.16 Å². The van der Waals surface area contributed by atoms with Gasteiger partial charge in [-0.2, -0.15) is 0 Å². The molecule has 0 saturated carbocycles. The minimum Gasteiger partial charge on any atom is -0.497 e. The molecular weight excluding hydrogens is 238 g/mol. The summed E-state index contributed by atoms with van der Waals surface area (Å²) in [7, 11) is 1.47. The Morgan fingerprint density at radius 1 is 1.50 bits per heavy atom. The summed E-state index contributed by atoms with van der Waals surface area (Å²) in [5.41, 5.74) is 0.771. The number of ether oxygens (including phenoxy) is 2. The number of hydrogen-bond acceptors (Lipinski definition) is 5. The highest BCUT2D eigenvalue weighted by Gasteiger charge is 2.13. The number of carbonyl (C=O) groups is 1. The summed E-state index contributed by atoms with van der Waals surface area (Å²) in [4.78, 5) is 11.1. The van der Waals surface area contributed by atoms with E-state index < -0.39 is 5.97 Å². The Labute approximate surface area is 103 Å². The molecule has 0 amide bonds. The van der Waals surface area contributed by atoms with E-state index in [1.165, 1.54) is 25.6 Å². The minimum atomic E-state index is -1.07. The molecule has 2 aromatic rings. The maximum absolute atomic E-state index is 11.1. The quantitative estimate of drug-likeness (QED) is 0.872. The molecule has 0 bridgehead atoms. The summed E-state index contributed by atoms with van der Waals surface area (Å²) >= 11 is 0. The Morgan fingerprint density at radius 2 is 2.33 bits per heavy atom. The molecule has 1 aromatic heterocycles. The lowest BCUT2D eigenvalue weighted by Crippen LogP contribution is -2.03. The van der Waals surface area contributed by atoms with E-state index in [0.29, 0.717) is 5.75 Å². The van der Waals surface area contributed by atoms with Gasteiger partial charge in [0.05, 0.1) is 13.3 Å².